The lowest BCUT2D eigenvalue weighted by Gasteiger charge is -2.13. The number of nitrogens with zero attached hydrogens (tertiary/aromatic N) is 1. The van der Waals surface area contributed by atoms with Gasteiger partial charge in [-0.25, -0.2) is 4.39 Å². The summed E-state index contributed by atoms with van der Waals surface area (Å²) in [5.41, 5.74) is 0.841. The van der Waals surface area contributed by atoms with Gasteiger partial charge in [0.05, 0.1) is 13.0 Å². The molecule has 0 saturated heterocycles. The third-order valence-electron chi connectivity index (χ3n) is 2.66. The van der Waals surface area contributed by atoms with E-state index in [4.69, 9.17) is 5.11 Å². The van der Waals surface area contributed by atoms with E-state index >= 15 is 0 Å². The Kier molecular flexibility index (Phi) is 6.41. The maximum absolute atomic E-state index is 13.2. The standard InChI is InChI=1S/C13H17F4N3O/c1-18-12(19-5-4-13(15,16)17)20-7-9-2-3-11(14)10(6-9)8-21/h2-3,6,21H,4-5,7-8H2,1H3,(H2,18,19,20). The SMILES string of the molecule is CN=C(NCCC(F)(F)F)NCc1ccc(F)c(CO)c1. The zero-order chi connectivity index (χ0) is 15.9. The molecule has 0 amide bonds. The van der Waals surface area contributed by atoms with Crippen LogP contribution in [-0.2, 0) is 13.2 Å². The second-order valence-electron chi connectivity index (χ2n) is 4.30. The van der Waals surface area contributed by atoms with Crippen molar-refractivity contribution in [2.45, 2.75) is 25.7 Å². The minimum Gasteiger partial charge on any atom is -0.392 e. The Labute approximate surface area is 119 Å². The zero-order valence-electron chi connectivity index (χ0n) is 11.5. The highest BCUT2D eigenvalue weighted by atomic mass is 19.4. The van der Waals surface area contributed by atoms with E-state index < -0.39 is 25.0 Å². The Morgan fingerprint density at radius 3 is 2.57 bits per heavy atom. The molecule has 1 aromatic carbocycles. The van der Waals surface area contributed by atoms with Crippen molar-refractivity contribution >= 4 is 5.96 Å². The number of nitrogens with one attached hydrogen (secondary N) is 2. The summed E-state index contributed by atoms with van der Waals surface area (Å²) in [6.07, 6.45) is -5.18. The van der Waals surface area contributed by atoms with E-state index in [1.165, 1.54) is 25.2 Å². The number of alkyl halides is 3. The topological polar surface area (TPSA) is 56.7 Å². The van der Waals surface area contributed by atoms with Crippen LogP contribution in [0.4, 0.5) is 17.6 Å². The minimum atomic E-state index is -4.22. The fourth-order valence-corrected chi connectivity index (χ4v) is 1.59. The van der Waals surface area contributed by atoms with Crippen molar-refractivity contribution in [3.05, 3.63) is 35.1 Å². The van der Waals surface area contributed by atoms with E-state index in [1.807, 2.05) is 0 Å². The van der Waals surface area contributed by atoms with Gasteiger partial charge in [-0.05, 0) is 17.7 Å². The molecule has 21 heavy (non-hydrogen) atoms. The monoisotopic (exact) mass is 307 g/mol. The highest BCUT2D eigenvalue weighted by molar-refractivity contribution is 5.79. The van der Waals surface area contributed by atoms with Crippen molar-refractivity contribution in [2.75, 3.05) is 13.6 Å². The predicted octanol–water partition coefficient (Wildman–Crippen LogP) is 1.94. The van der Waals surface area contributed by atoms with Gasteiger partial charge in [0, 0.05) is 25.7 Å². The summed E-state index contributed by atoms with van der Waals surface area (Å²) in [5.74, 6) is -0.289. The Balaban J connectivity index is 2.48. The largest absolute Gasteiger partial charge is 0.392 e. The Hall–Kier alpha value is -1.83. The highest BCUT2D eigenvalue weighted by Crippen LogP contribution is 2.18. The van der Waals surface area contributed by atoms with Gasteiger partial charge in [0.2, 0.25) is 0 Å². The quantitative estimate of drug-likeness (QED) is 0.443. The van der Waals surface area contributed by atoms with Gasteiger partial charge in [0.15, 0.2) is 5.96 Å². The molecule has 0 atom stereocenters. The maximum atomic E-state index is 13.2. The van der Waals surface area contributed by atoms with Crippen molar-refractivity contribution in [2.24, 2.45) is 4.99 Å². The van der Waals surface area contributed by atoms with Crippen molar-refractivity contribution in [1.29, 1.82) is 0 Å². The number of hydrogen-bond donors (Lipinski definition) is 3. The molecule has 0 spiro atoms. The van der Waals surface area contributed by atoms with E-state index in [-0.39, 0.29) is 24.6 Å². The van der Waals surface area contributed by atoms with Gasteiger partial charge in [-0.2, -0.15) is 13.2 Å². The summed E-state index contributed by atoms with van der Waals surface area (Å²) >= 11 is 0. The van der Waals surface area contributed by atoms with E-state index in [2.05, 4.69) is 15.6 Å². The van der Waals surface area contributed by atoms with E-state index in [0.717, 1.165) is 0 Å². The van der Waals surface area contributed by atoms with Gasteiger partial charge in [0.25, 0.3) is 0 Å². The van der Waals surface area contributed by atoms with Crippen molar-refractivity contribution in [3.63, 3.8) is 0 Å². The molecule has 0 saturated carbocycles. The summed E-state index contributed by atoms with van der Waals surface area (Å²) < 4.78 is 49.3. The number of hydrogen-bond acceptors (Lipinski definition) is 2. The lowest BCUT2D eigenvalue weighted by Crippen LogP contribution is -2.38. The van der Waals surface area contributed by atoms with E-state index in [9.17, 15) is 17.6 Å². The maximum Gasteiger partial charge on any atom is 0.390 e. The molecule has 0 bridgehead atoms. The smallest absolute Gasteiger partial charge is 0.390 e. The second-order valence-corrected chi connectivity index (χ2v) is 4.30. The summed E-state index contributed by atoms with van der Waals surface area (Å²) in [4.78, 5) is 3.79. The number of benzene rings is 1. The molecule has 1 aromatic rings. The summed E-state index contributed by atoms with van der Waals surface area (Å²) in [6, 6.07) is 4.22. The van der Waals surface area contributed by atoms with Crippen LogP contribution in [0, 0.1) is 5.82 Å². The van der Waals surface area contributed by atoms with Crippen LogP contribution in [-0.4, -0.2) is 30.8 Å². The van der Waals surface area contributed by atoms with E-state index in [1.54, 1.807) is 0 Å². The fourth-order valence-electron chi connectivity index (χ4n) is 1.59. The first kappa shape index (κ1) is 17.2. The van der Waals surface area contributed by atoms with Crippen LogP contribution >= 0.6 is 0 Å². The first-order valence-corrected chi connectivity index (χ1v) is 6.25. The molecular formula is C13H17F4N3O. The molecule has 0 aliphatic heterocycles. The van der Waals surface area contributed by atoms with Crippen LogP contribution in [0.2, 0.25) is 0 Å². The van der Waals surface area contributed by atoms with Gasteiger partial charge in [0.1, 0.15) is 5.82 Å². The molecule has 0 heterocycles. The number of aliphatic hydroxyl groups excluding tert-OH is 1. The number of rotatable bonds is 5. The van der Waals surface area contributed by atoms with Gasteiger partial charge in [-0.1, -0.05) is 6.07 Å². The molecule has 0 aromatic heterocycles. The van der Waals surface area contributed by atoms with Gasteiger partial charge >= 0.3 is 6.18 Å². The summed E-state index contributed by atoms with van der Waals surface area (Å²) in [5, 5.41) is 14.3. The average molecular weight is 307 g/mol. The molecule has 1 rings (SSSR count). The summed E-state index contributed by atoms with van der Waals surface area (Å²) in [7, 11) is 1.44. The number of guanidine groups is 1. The van der Waals surface area contributed by atoms with Crippen LogP contribution < -0.4 is 10.6 Å². The average Bonchev–Trinajstić information content (AvgIpc) is 2.42. The molecule has 3 N–H and O–H groups in total. The molecule has 0 fully saturated rings. The molecule has 4 nitrogen and oxygen atoms in total. The van der Waals surface area contributed by atoms with Crippen molar-refractivity contribution < 1.29 is 22.7 Å². The molecule has 0 aliphatic carbocycles. The normalized spacial score (nSPS) is 12.4. The molecule has 118 valence electrons. The lowest BCUT2D eigenvalue weighted by atomic mass is 10.1. The number of aliphatic imine (C=N–C) groups is 1. The third kappa shape index (κ3) is 6.44. The first-order valence-electron chi connectivity index (χ1n) is 6.25. The predicted molar refractivity (Wildman–Crippen MR) is 71.2 cm³/mol. The van der Waals surface area contributed by atoms with Crippen LogP contribution in [0.5, 0.6) is 0 Å². The van der Waals surface area contributed by atoms with Crippen LogP contribution in [0.3, 0.4) is 0 Å². The first-order chi connectivity index (χ1) is 9.85. The lowest BCUT2D eigenvalue weighted by molar-refractivity contribution is -0.132. The molecule has 0 aliphatic rings. The van der Waals surface area contributed by atoms with Gasteiger partial charge in [-0.15, -0.1) is 0 Å². The van der Waals surface area contributed by atoms with Crippen molar-refractivity contribution in [1.82, 2.24) is 10.6 Å². The van der Waals surface area contributed by atoms with Crippen LogP contribution in [0.1, 0.15) is 17.5 Å². The Bertz CT molecular complexity index is 489. The Morgan fingerprint density at radius 1 is 1.29 bits per heavy atom. The molecule has 0 unspecified atom stereocenters. The Morgan fingerprint density at radius 2 is 2.00 bits per heavy atom. The molecule has 0 radical (unpaired) electrons. The summed E-state index contributed by atoms with van der Waals surface area (Å²) in [6.45, 7) is -0.453. The zero-order valence-corrected chi connectivity index (χ0v) is 11.5. The molecular weight excluding hydrogens is 290 g/mol. The van der Waals surface area contributed by atoms with Crippen LogP contribution in [0.25, 0.3) is 0 Å². The number of halogens is 4. The fraction of sp³-hybridized carbons (Fsp3) is 0.462. The molecule has 8 heteroatoms. The van der Waals surface area contributed by atoms with Crippen LogP contribution in [0.15, 0.2) is 23.2 Å². The third-order valence-corrected chi connectivity index (χ3v) is 2.66. The van der Waals surface area contributed by atoms with Gasteiger partial charge < -0.3 is 15.7 Å². The minimum absolute atomic E-state index is 0.161. The highest BCUT2D eigenvalue weighted by Gasteiger charge is 2.26. The van der Waals surface area contributed by atoms with E-state index in [0.29, 0.717) is 5.56 Å². The number of aliphatic hydroxyl groups is 1. The van der Waals surface area contributed by atoms with Crippen molar-refractivity contribution in [3.8, 4) is 0 Å². The second kappa shape index (κ2) is 7.82. The van der Waals surface area contributed by atoms with Gasteiger partial charge in [-0.3, -0.25) is 4.99 Å².